The normalized spacial score (nSPS) is 17.9. The van der Waals surface area contributed by atoms with Crippen molar-refractivity contribution < 1.29 is 13.2 Å². The average molecular weight is 292 g/mol. The minimum atomic E-state index is -3.20. The summed E-state index contributed by atoms with van der Waals surface area (Å²) in [5.41, 5.74) is 0. The van der Waals surface area contributed by atoms with Gasteiger partial charge in [-0.1, -0.05) is 13.8 Å². The summed E-state index contributed by atoms with van der Waals surface area (Å²) >= 11 is 0. The first-order valence-electron chi connectivity index (χ1n) is 7.21. The average Bonchev–Trinajstić information content (AvgIpc) is 3.14. The van der Waals surface area contributed by atoms with E-state index >= 15 is 0 Å². The molecule has 0 saturated heterocycles. The molecule has 0 aliphatic heterocycles. The van der Waals surface area contributed by atoms with Gasteiger partial charge in [-0.15, -0.1) is 0 Å². The number of hydrogen-bond donors (Lipinski definition) is 2. The second-order valence-corrected chi connectivity index (χ2v) is 7.94. The molecule has 0 bridgehead atoms. The molecule has 0 aromatic rings. The van der Waals surface area contributed by atoms with Gasteiger partial charge in [0.05, 0.1) is 5.25 Å². The van der Waals surface area contributed by atoms with Gasteiger partial charge in [-0.3, -0.25) is 0 Å². The van der Waals surface area contributed by atoms with Crippen LogP contribution in [0.25, 0.3) is 0 Å². The van der Waals surface area contributed by atoms with Crippen molar-refractivity contribution in [3.8, 4) is 0 Å². The molecule has 0 spiro atoms. The van der Waals surface area contributed by atoms with Gasteiger partial charge in [-0.2, -0.15) is 0 Å². The van der Waals surface area contributed by atoms with Crippen LogP contribution in [0.4, 0.5) is 0 Å². The molecule has 114 valence electrons. The quantitative estimate of drug-likeness (QED) is 0.560. The highest BCUT2D eigenvalue weighted by molar-refractivity contribution is 7.90. The number of rotatable bonds is 11. The molecule has 5 nitrogen and oxygen atoms in total. The van der Waals surface area contributed by atoms with Crippen LogP contribution in [0.15, 0.2) is 0 Å². The van der Waals surface area contributed by atoms with Crippen molar-refractivity contribution in [3.05, 3.63) is 0 Å². The lowest BCUT2D eigenvalue weighted by Crippen LogP contribution is -2.40. The summed E-state index contributed by atoms with van der Waals surface area (Å²) in [4.78, 5) is 0. The van der Waals surface area contributed by atoms with Crippen LogP contribution in [-0.2, 0) is 14.8 Å². The monoisotopic (exact) mass is 292 g/mol. The van der Waals surface area contributed by atoms with Crippen LogP contribution in [0.1, 0.15) is 40.0 Å². The van der Waals surface area contributed by atoms with Crippen LogP contribution >= 0.6 is 0 Å². The van der Waals surface area contributed by atoms with Crippen LogP contribution in [-0.4, -0.2) is 46.0 Å². The van der Waals surface area contributed by atoms with Crippen molar-refractivity contribution in [1.82, 2.24) is 10.0 Å². The predicted octanol–water partition coefficient (Wildman–Crippen LogP) is 1.11. The van der Waals surface area contributed by atoms with Gasteiger partial charge in [0, 0.05) is 32.3 Å². The van der Waals surface area contributed by atoms with Gasteiger partial charge in [-0.25, -0.2) is 13.1 Å². The molecule has 1 aliphatic carbocycles. The molecule has 0 heterocycles. The molecule has 6 heteroatoms. The Morgan fingerprint density at radius 1 is 1.26 bits per heavy atom. The zero-order valence-corrected chi connectivity index (χ0v) is 13.1. The van der Waals surface area contributed by atoms with Crippen LogP contribution in [0.5, 0.6) is 0 Å². The molecule has 19 heavy (non-hydrogen) atoms. The van der Waals surface area contributed by atoms with E-state index in [0.29, 0.717) is 38.1 Å². The topological polar surface area (TPSA) is 67.4 Å². The molecule has 0 radical (unpaired) electrons. The van der Waals surface area contributed by atoms with Gasteiger partial charge in [0.1, 0.15) is 0 Å². The maximum atomic E-state index is 11.9. The number of hydrogen-bond acceptors (Lipinski definition) is 4. The van der Waals surface area contributed by atoms with Crippen molar-refractivity contribution in [2.75, 3.05) is 26.3 Å². The maximum absolute atomic E-state index is 11.9. The molecule has 1 fully saturated rings. The largest absolute Gasteiger partial charge is 0.381 e. The van der Waals surface area contributed by atoms with E-state index in [1.165, 1.54) is 12.8 Å². The van der Waals surface area contributed by atoms with E-state index in [4.69, 9.17) is 4.74 Å². The lowest BCUT2D eigenvalue weighted by atomic mass is 10.2. The van der Waals surface area contributed by atoms with E-state index in [-0.39, 0.29) is 5.25 Å². The van der Waals surface area contributed by atoms with E-state index in [0.717, 1.165) is 6.61 Å². The van der Waals surface area contributed by atoms with E-state index in [1.54, 1.807) is 6.92 Å². The minimum absolute atomic E-state index is 0.385. The predicted molar refractivity (Wildman–Crippen MR) is 77.7 cm³/mol. The first-order chi connectivity index (χ1) is 8.92. The molecule has 1 unspecified atom stereocenters. The zero-order chi connectivity index (χ0) is 14.3. The third kappa shape index (κ3) is 7.87. The maximum Gasteiger partial charge on any atom is 0.215 e. The highest BCUT2D eigenvalue weighted by Gasteiger charge is 2.25. The van der Waals surface area contributed by atoms with Crippen molar-refractivity contribution in [1.29, 1.82) is 0 Å². The first kappa shape index (κ1) is 16.9. The molecular weight excluding hydrogens is 264 g/mol. The van der Waals surface area contributed by atoms with Gasteiger partial charge in [-0.05, 0) is 32.1 Å². The van der Waals surface area contributed by atoms with Crippen molar-refractivity contribution in [2.45, 2.75) is 51.3 Å². The van der Waals surface area contributed by atoms with E-state index in [1.807, 2.05) is 0 Å². The van der Waals surface area contributed by atoms with Crippen LogP contribution < -0.4 is 10.0 Å². The van der Waals surface area contributed by atoms with Gasteiger partial charge in [0.2, 0.25) is 10.0 Å². The fraction of sp³-hybridized carbons (Fsp3) is 1.00. The fourth-order valence-electron chi connectivity index (χ4n) is 1.58. The van der Waals surface area contributed by atoms with E-state index in [9.17, 15) is 8.42 Å². The Labute approximate surface area is 117 Å². The number of nitrogens with one attached hydrogen (secondary N) is 2. The lowest BCUT2D eigenvalue weighted by Gasteiger charge is -2.14. The summed E-state index contributed by atoms with van der Waals surface area (Å²) in [5, 5.41) is 2.86. The molecule has 0 amide bonds. The number of sulfonamides is 1. The van der Waals surface area contributed by atoms with Gasteiger partial charge < -0.3 is 10.1 Å². The Bertz CT molecular complexity index is 340. The van der Waals surface area contributed by atoms with Crippen LogP contribution in [0.2, 0.25) is 0 Å². The van der Waals surface area contributed by atoms with E-state index < -0.39 is 10.0 Å². The second-order valence-electron chi connectivity index (χ2n) is 5.75. The van der Waals surface area contributed by atoms with Crippen molar-refractivity contribution in [2.24, 2.45) is 5.92 Å². The summed E-state index contributed by atoms with van der Waals surface area (Å²) in [6, 6.07) is 0.544. The summed E-state index contributed by atoms with van der Waals surface area (Å²) in [6.45, 7) is 8.25. The van der Waals surface area contributed by atoms with Crippen LogP contribution in [0, 0.1) is 5.92 Å². The minimum Gasteiger partial charge on any atom is -0.381 e. The van der Waals surface area contributed by atoms with Gasteiger partial charge in [0.15, 0.2) is 0 Å². The Hall–Kier alpha value is -0.170. The van der Waals surface area contributed by atoms with Crippen molar-refractivity contribution in [3.63, 3.8) is 0 Å². The molecule has 0 aromatic carbocycles. The molecule has 1 aliphatic rings. The molecule has 1 saturated carbocycles. The zero-order valence-electron chi connectivity index (χ0n) is 12.3. The highest BCUT2D eigenvalue weighted by atomic mass is 32.2. The first-order valence-corrected chi connectivity index (χ1v) is 8.76. The molecule has 0 aromatic heterocycles. The Kier molecular flexibility index (Phi) is 7.28. The summed E-state index contributed by atoms with van der Waals surface area (Å²) in [6.07, 6.45) is 3.06. The van der Waals surface area contributed by atoms with E-state index in [2.05, 4.69) is 23.9 Å². The standard InChI is InChI=1S/C13H28N2O3S/c1-11(2)10-18-8-4-7-15-19(16,17)12(3)9-14-13-5-6-13/h11-15H,4-10H2,1-3H3. The molecule has 1 rings (SSSR count). The molecule has 1 atom stereocenters. The lowest BCUT2D eigenvalue weighted by molar-refractivity contribution is 0.108. The molecular formula is C13H28N2O3S. The summed E-state index contributed by atoms with van der Waals surface area (Å²) in [7, 11) is -3.20. The Morgan fingerprint density at radius 3 is 2.53 bits per heavy atom. The van der Waals surface area contributed by atoms with Gasteiger partial charge >= 0.3 is 0 Å². The summed E-state index contributed by atoms with van der Waals surface area (Å²) < 4.78 is 31.9. The smallest absolute Gasteiger partial charge is 0.215 e. The van der Waals surface area contributed by atoms with Crippen LogP contribution in [0.3, 0.4) is 0 Å². The third-order valence-corrected chi connectivity index (χ3v) is 4.85. The van der Waals surface area contributed by atoms with Gasteiger partial charge in [0.25, 0.3) is 0 Å². The Balaban J connectivity index is 2.07. The van der Waals surface area contributed by atoms with Crippen molar-refractivity contribution >= 4 is 10.0 Å². The Morgan fingerprint density at radius 2 is 1.95 bits per heavy atom. The highest BCUT2D eigenvalue weighted by Crippen LogP contribution is 2.18. The SMILES string of the molecule is CC(C)COCCCNS(=O)(=O)C(C)CNC1CC1. The fourth-order valence-corrected chi connectivity index (χ4v) is 2.61. The summed E-state index contributed by atoms with van der Waals surface area (Å²) in [5.74, 6) is 0.519. The third-order valence-electron chi connectivity index (χ3n) is 3.02. The second kappa shape index (κ2) is 8.19. The number of ether oxygens (including phenoxy) is 1. The molecule has 2 N–H and O–H groups in total.